The second kappa shape index (κ2) is 8.52. The minimum Gasteiger partial charge on any atom is -0.370 e. The minimum atomic E-state index is 0.581. The summed E-state index contributed by atoms with van der Waals surface area (Å²) >= 11 is 0. The lowest BCUT2D eigenvalue weighted by atomic mass is 9.85. The van der Waals surface area contributed by atoms with Crippen LogP contribution in [0.2, 0.25) is 0 Å². The summed E-state index contributed by atoms with van der Waals surface area (Å²) in [5, 5.41) is 3.26. The Bertz CT molecular complexity index is 542. The Kier molecular flexibility index (Phi) is 6.13. The van der Waals surface area contributed by atoms with E-state index < -0.39 is 0 Å². The van der Waals surface area contributed by atoms with Crippen molar-refractivity contribution in [2.24, 2.45) is 22.6 Å². The van der Waals surface area contributed by atoms with Gasteiger partial charge < -0.3 is 11.1 Å². The average Bonchev–Trinajstić information content (AvgIpc) is 2.54. The molecular weight excluding hydrogens is 296 g/mol. The fourth-order valence-corrected chi connectivity index (χ4v) is 3.48. The molecule has 1 aromatic rings. The number of nitrogens with one attached hydrogen (secondary N) is 1. The lowest BCUT2D eigenvalue weighted by Crippen LogP contribution is -2.37. The molecule has 1 saturated heterocycles. The van der Waals surface area contributed by atoms with E-state index in [-0.39, 0.29) is 0 Å². The van der Waals surface area contributed by atoms with Crippen LogP contribution in [0.4, 0.5) is 0 Å². The summed E-state index contributed by atoms with van der Waals surface area (Å²) in [6.07, 6.45) is 6.68. The Balaban J connectivity index is 1.47. The smallest absolute Gasteiger partial charge is 0.188 e. The molecule has 0 spiro atoms. The van der Waals surface area contributed by atoms with Crippen LogP contribution in [0.5, 0.6) is 0 Å². The summed E-state index contributed by atoms with van der Waals surface area (Å²) in [4.78, 5) is 7.06. The molecular formula is C20H32N4. The molecule has 0 atom stereocenters. The van der Waals surface area contributed by atoms with Crippen LogP contribution < -0.4 is 11.1 Å². The molecule has 0 unspecified atom stereocenters. The highest BCUT2D eigenvalue weighted by Crippen LogP contribution is 2.25. The van der Waals surface area contributed by atoms with Crippen LogP contribution in [0.3, 0.4) is 0 Å². The zero-order valence-corrected chi connectivity index (χ0v) is 15.0. The van der Waals surface area contributed by atoms with Crippen LogP contribution in [0, 0.1) is 11.8 Å². The number of guanidine groups is 1. The number of nitrogens with zero attached hydrogens (tertiary/aromatic N) is 2. The molecule has 3 rings (SSSR count). The van der Waals surface area contributed by atoms with E-state index in [2.05, 4.69) is 46.4 Å². The predicted octanol–water partition coefficient (Wildman–Crippen LogP) is 3.12. The van der Waals surface area contributed by atoms with E-state index in [4.69, 9.17) is 5.73 Å². The largest absolute Gasteiger partial charge is 0.370 e. The van der Waals surface area contributed by atoms with Gasteiger partial charge in [0.2, 0.25) is 0 Å². The van der Waals surface area contributed by atoms with E-state index in [0.717, 1.165) is 24.9 Å². The second-order valence-electron chi connectivity index (χ2n) is 7.66. The number of hydrogen-bond donors (Lipinski definition) is 2. The number of benzene rings is 1. The zero-order chi connectivity index (χ0) is 16.8. The van der Waals surface area contributed by atoms with Crippen molar-refractivity contribution in [3.63, 3.8) is 0 Å². The third kappa shape index (κ3) is 5.23. The second-order valence-corrected chi connectivity index (χ2v) is 7.66. The van der Waals surface area contributed by atoms with Crippen molar-refractivity contribution in [1.82, 2.24) is 10.2 Å². The van der Waals surface area contributed by atoms with Gasteiger partial charge >= 0.3 is 0 Å². The van der Waals surface area contributed by atoms with E-state index in [0.29, 0.717) is 12.5 Å². The van der Waals surface area contributed by atoms with Gasteiger partial charge in [-0.15, -0.1) is 0 Å². The van der Waals surface area contributed by atoms with E-state index in [1.54, 1.807) is 0 Å². The van der Waals surface area contributed by atoms with E-state index >= 15 is 0 Å². The number of hydrogen-bond acceptors (Lipinski definition) is 2. The van der Waals surface area contributed by atoms with Gasteiger partial charge in [-0.1, -0.05) is 37.6 Å². The first-order valence-electron chi connectivity index (χ1n) is 9.53. The van der Waals surface area contributed by atoms with E-state index in [1.165, 1.54) is 56.3 Å². The standard InChI is InChI=1S/C20H32N4/c1-16-8-10-24(11-9-16)15-19-7-3-6-18(12-19)14-23-20(21)22-13-17-4-2-5-17/h3,6-7,12,16-17H,2,4-5,8-11,13-15H2,1H3,(H3,21,22,23). The van der Waals surface area contributed by atoms with Crippen molar-refractivity contribution in [1.29, 1.82) is 0 Å². The van der Waals surface area contributed by atoms with E-state index in [1.807, 2.05) is 0 Å². The number of rotatable bonds is 6. The van der Waals surface area contributed by atoms with Crippen LogP contribution in [-0.4, -0.2) is 30.5 Å². The normalized spacial score (nSPS) is 20.8. The molecule has 4 nitrogen and oxygen atoms in total. The Morgan fingerprint density at radius 1 is 1.21 bits per heavy atom. The molecule has 0 aromatic heterocycles. The van der Waals surface area contributed by atoms with Gasteiger partial charge in [0.15, 0.2) is 5.96 Å². The average molecular weight is 329 g/mol. The fraction of sp³-hybridized carbons (Fsp3) is 0.650. The molecule has 1 aliphatic carbocycles. The minimum absolute atomic E-state index is 0.581. The topological polar surface area (TPSA) is 53.6 Å². The first-order valence-corrected chi connectivity index (χ1v) is 9.53. The molecule has 2 fully saturated rings. The number of nitrogens with two attached hydrogens (primary N) is 1. The molecule has 1 aliphatic heterocycles. The third-order valence-electron chi connectivity index (χ3n) is 5.50. The molecule has 1 saturated carbocycles. The maximum atomic E-state index is 5.98. The highest BCUT2D eigenvalue weighted by atomic mass is 15.1. The van der Waals surface area contributed by atoms with Gasteiger partial charge in [-0.3, -0.25) is 4.90 Å². The van der Waals surface area contributed by atoms with Gasteiger partial charge in [0, 0.05) is 13.1 Å². The molecule has 1 heterocycles. The summed E-state index contributed by atoms with van der Waals surface area (Å²) < 4.78 is 0. The van der Waals surface area contributed by atoms with Crippen molar-refractivity contribution in [3.8, 4) is 0 Å². The van der Waals surface area contributed by atoms with Crippen molar-refractivity contribution in [2.45, 2.75) is 52.1 Å². The molecule has 24 heavy (non-hydrogen) atoms. The number of aliphatic imine (C=N–C) groups is 1. The number of piperidine rings is 1. The lowest BCUT2D eigenvalue weighted by molar-refractivity contribution is 0.185. The van der Waals surface area contributed by atoms with Crippen molar-refractivity contribution >= 4 is 5.96 Å². The van der Waals surface area contributed by atoms with Gasteiger partial charge in [0.1, 0.15) is 0 Å². The van der Waals surface area contributed by atoms with Crippen LogP contribution in [-0.2, 0) is 13.1 Å². The van der Waals surface area contributed by atoms with Gasteiger partial charge in [-0.05, 0) is 61.7 Å². The molecule has 0 bridgehead atoms. The lowest BCUT2D eigenvalue weighted by Gasteiger charge is -2.30. The molecule has 4 heteroatoms. The fourth-order valence-electron chi connectivity index (χ4n) is 3.48. The Morgan fingerprint density at radius 3 is 2.67 bits per heavy atom. The molecule has 132 valence electrons. The van der Waals surface area contributed by atoms with Crippen LogP contribution in [0.1, 0.15) is 50.2 Å². The SMILES string of the molecule is CC1CCN(Cc2cccc(CN=C(N)NCC3CCC3)c2)CC1. The quantitative estimate of drug-likeness (QED) is 0.623. The third-order valence-corrected chi connectivity index (χ3v) is 5.50. The molecule has 3 N–H and O–H groups in total. The first kappa shape index (κ1) is 17.3. The first-order chi connectivity index (χ1) is 11.7. The van der Waals surface area contributed by atoms with Crippen LogP contribution >= 0.6 is 0 Å². The van der Waals surface area contributed by atoms with Crippen LogP contribution in [0.15, 0.2) is 29.3 Å². The Morgan fingerprint density at radius 2 is 1.96 bits per heavy atom. The number of likely N-dealkylation sites (tertiary alicyclic amines) is 1. The van der Waals surface area contributed by atoms with E-state index in [9.17, 15) is 0 Å². The Labute approximate surface area is 146 Å². The molecule has 0 radical (unpaired) electrons. The summed E-state index contributed by atoms with van der Waals surface area (Å²) in [7, 11) is 0. The summed E-state index contributed by atoms with van der Waals surface area (Å²) in [5.74, 6) is 2.27. The van der Waals surface area contributed by atoms with Crippen LogP contribution in [0.25, 0.3) is 0 Å². The maximum absolute atomic E-state index is 5.98. The van der Waals surface area contributed by atoms with Gasteiger partial charge in [-0.2, -0.15) is 0 Å². The van der Waals surface area contributed by atoms with Crippen molar-refractivity contribution in [3.05, 3.63) is 35.4 Å². The van der Waals surface area contributed by atoms with Crippen molar-refractivity contribution < 1.29 is 0 Å². The molecule has 2 aliphatic rings. The van der Waals surface area contributed by atoms with Crippen molar-refractivity contribution in [2.75, 3.05) is 19.6 Å². The van der Waals surface area contributed by atoms with Gasteiger partial charge in [0.05, 0.1) is 6.54 Å². The zero-order valence-electron chi connectivity index (χ0n) is 15.0. The predicted molar refractivity (Wildman–Crippen MR) is 101 cm³/mol. The van der Waals surface area contributed by atoms with Gasteiger partial charge in [-0.25, -0.2) is 4.99 Å². The highest BCUT2D eigenvalue weighted by molar-refractivity contribution is 5.77. The Hall–Kier alpha value is -1.55. The van der Waals surface area contributed by atoms with Gasteiger partial charge in [0.25, 0.3) is 0 Å². The highest BCUT2D eigenvalue weighted by Gasteiger charge is 2.17. The summed E-state index contributed by atoms with van der Waals surface area (Å²) in [6, 6.07) is 8.79. The summed E-state index contributed by atoms with van der Waals surface area (Å²) in [5.41, 5.74) is 8.61. The molecule has 0 amide bonds. The monoisotopic (exact) mass is 328 g/mol. The molecule has 1 aromatic carbocycles. The summed E-state index contributed by atoms with van der Waals surface area (Å²) in [6.45, 7) is 7.50. The maximum Gasteiger partial charge on any atom is 0.188 e.